The summed E-state index contributed by atoms with van der Waals surface area (Å²) in [5.74, 6) is -1.27. The summed E-state index contributed by atoms with van der Waals surface area (Å²) in [5, 5.41) is 7.48. The minimum absolute atomic E-state index is 0.286. The Morgan fingerprint density at radius 3 is 2.28 bits per heavy atom. The SMILES string of the molecule is CPN.N=C1CCC(c2ccc(F)c(F)c2)CC1. The van der Waals surface area contributed by atoms with E-state index in [0.29, 0.717) is 8.73 Å². The van der Waals surface area contributed by atoms with Crippen molar-refractivity contribution in [2.45, 2.75) is 31.6 Å². The molecule has 1 aliphatic carbocycles. The van der Waals surface area contributed by atoms with Crippen molar-refractivity contribution < 1.29 is 8.78 Å². The lowest BCUT2D eigenvalue weighted by Crippen LogP contribution is -2.12. The van der Waals surface area contributed by atoms with E-state index in [2.05, 4.69) is 0 Å². The quantitative estimate of drug-likeness (QED) is 0.750. The maximum absolute atomic E-state index is 13.0. The first kappa shape index (κ1) is 15.2. The lowest BCUT2D eigenvalue weighted by atomic mass is 9.83. The van der Waals surface area contributed by atoms with Gasteiger partial charge in [0.15, 0.2) is 11.6 Å². The summed E-state index contributed by atoms with van der Waals surface area (Å²) in [5.41, 5.74) is 6.51. The van der Waals surface area contributed by atoms with Gasteiger partial charge >= 0.3 is 0 Å². The standard InChI is InChI=1S/C12H13F2N.CH6NP/c13-11-6-3-9(7-12(11)14)8-1-4-10(15)5-2-8;1-3-2/h3,6-8,15H,1-2,4-5H2;3H,2H2,1H3. The van der Waals surface area contributed by atoms with Crippen molar-refractivity contribution in [2.24, 2.45) is 5.50 Å². The van der Waals surface area contributed by atoms with Gasteiger partial charge in [0, 0.05) is 5.71 Å². The van der Waals surface area contributed by atoms with Crippen LogP contribution in [0.5, 0.6) is 0 Å². The van der Waals surface area contributed by atoms with Gasteiger partial charge < -0.3 is 10.9 Å². The zero-order valence-electron chi connectivity index (χ0n) is 10.5. The molecule has 1 fully saturated rings. The van der Waals surface area contributed by atoms with E-state index in [9.17, 15) is 8.78 Å². The summed E-state index contributed by atoms with van der Waals surface area (Å²) in [4.78, 5) is 0. The van der Waals surface area contributed by atoms with Gasteiger partial charge in [-0.15, -0.1) is 0 Å². The molecular weight excluding hydrogens is 253 g/mol. The average molecular weight is 272 g/mol. The molecule has 0 aromatic heterocycles. The van der Waals surface area contributed by atoms with E-state index < -0.39 is 11.6 Å². The van der Waals surface area contributed by atoms with E-state index in [1.807, 2.05) is 6.66 Å². The molecule has 0 saturated heterocycles. The maximum atomic E-state index is 13.0. The largest absolute Gasteiger partial charge is 0.312 e. The lowest BCUT2D eigenvalue weighted by molar-refractivity contribution is 0.499. The van der Waals surface area contributed by atoms with Gasteiger partial charge in [-0.3, -0.25) is 0 Å². The Labute approximate surface area is 108 Å². The van der Waals surface area contributed by atoms with E-state index in [0.717, 1.165) is 37.0 Å². The number of hydrogen-bond donors (Lipinski definition) is 2. The molecule has 0 spiro atoms. The topological polar surface area (TPSA) is 49.9 Å². The fourth-order valence-electron chi connectivity index (χ4n) is 2.07. The Hall–Kier alpha value is -0.860. The maximum Gasteiger partial charge on any atom is 0.159 e. The van der Waals surface area contributed by atoms with E-state index in [1.54, 1.807) is 6.07 Å². The van der Waals surface area contributed by atoms with Crippen LogP contribution in [0.4, 0.5) is 8.78 Å². The minimum atomic E-state index is -0.790. The third kappa shape index (κ3) is 4.43. The van der Waals surface area contributed by atoms with Crippen molar-refractivity contribution >= 4 is 14.4 Å². The fourth-order valence-corrected chi connectivity index (χ4v) is 2.07. The zero-order valence-corrected chi connectivity index (χ0v) is 11.5. The monoisotopic (exact) mass is 272 g/mol. The number of nitrogens with two attached hydrogens (primary N) is 1. The molecule has 2 rings (SSSR count). The molecular formula is C13H19F2N2P. The molecule has 5 heteroatoms. The summed E-state index contributed by atoms with van der Waals surface area (Å²) >= 11 is 0. The molecule has 1 atom stereocenters. The van der Waals surface area contributed by atoms with E-state index in [4.69, 9.17) is 10.9 Å². The minimum Gasteiger partial charge on any atom is -0.312 e. The number of rotatable bonds is 1. The van der Waals surface area contributed by atoms with Gasteiger partial charge in [-0.1, -0.05) is 14.8 Å². The molecule has 1 aliphatic rings. The summed E-state index contributed by atoms with van der Waals surface area (Å²) in [6.07, 6.45) is 3.32. The van der Waals surface area contributed by atoms with Crippen LogP contribution < -0.4 is 5.50 Å². The van der Waals surface area contributed by atoms with Crippen LogP contribution in [0.1, 0.15) is 37.2 Å². The van der Waals surface area contributed by atoms with E-state index >= 15 is 0 Å². The van der Waals surface area contributed by atoms with Gasteiger partial charge in [-0.05, 0) is 56.0 Å². The summed E-state index contributed by atoms with van der Waals surface area (Å²) in [6, 6.07) is 4.12. The Balaban J connectivity index is 0.000000492. The Morgan fingerprint density at radius 2 is 1.78 bits per heavy atom. The first-order chi connectivity index (χ1) is 8.58. The van der Waals surface area contributed by atoms with Gasteiger partial charge in [0.1, 0.15) is 0 Å². The normalized spacial score (nSPS) is 19.8. The molecule has 1 saturated carbocycles. The molecule has 0 amide bonds. The number of hydrogen-bond acceptors (Lipinski definition) is 2. The predicted molar refractivity (Wildman–Crippen MR) is 73.7 cm³/mol. The lowest BCUT2D eigenvalue weighted by Gasteiger charge is -2.22. The third-order valence-electron chi connectivity index (χ3n) is 3.00. The molecule has 0 bridgehead atoms. The molecule has 3 N–H and O–H groups in total. The molecule has 1 unspecified atom stereocenters. The highest BCUT2D eigenvalue weighted by molar-refractivity contribution is 7.34. The van der Waals surface area contributed by atoms with Crippen molar-refractivity contribution in [1.82, 2.24) is 0 Å². The molecule has 0 aliphatic heterocycles. The van der Waals surface area contributed by atoms with E-state index in [1.165, 1.54) is 12.1 Å². The van der Waals surface area contributed by atoms with Crippen molar-refractivity contribution in [1.29, 1.82) is 5.41 Å². The van der Waals surface area contributed by atoms with Crippen molar-refractivity contribution in [3.63, 3.8) is 0 Å². The first-order valence-electron chi connectivity index (χ1n) is 5.97. The Kier molecular flexibility index (Phi) is 6.37. The Morgan fingerprint density at radius 1 is 1.22 bits per heavy atom. The molecule has 100 valence electrons. The average Bonchev–Trinajstić information content (AvgIpc) is 2.35. The van der Waals surface area contributed by atoms with Crippen LogP contribution in [-0.2, 0) is 0 Å². The van der Waals surface area contributed by atoms with Crippen molar-refractivity contribution in [3.05, 3.63) is 35.4 Å². The van der Waals surface area contributed by atoms with Gasteiger partial charge in [-0.25, -0.2) is 8.78 Å². The van der Waals surface area contributed by atoms with Crippen molar-refractivity contribution in [3.8, 4) is 0 Å². The predicted octanol–water partition coefficient (Wildman–Crippen LogP) is 3.81. The number of benzene rings is 1. The van der Waals surface area contributed by atoms with Crippen LogP contribution in [0.3, 0.4) is 0 Å². The highest BCUT2D eigenvalue weighted by Crippen LogP contribution is 2.31. The highest BCUT2D eigenvalue weighted by atomic mass is 31.1. The third-order valence-corrected chi connectivity index (χ3v) is 3.00. The van der Waals surface area contributed by atoms with Crippen LogP contribution in [0.2, 0.25) is 0 Å². The van der Waals surface area contributed by atoms with Gasteiger partial charge in [0.25, 0.3) is 0 Å². The second kappa shape index (κ2) is 7.55. The fraction of sp³-hybridized carbons (Fsp3) is 0.462. The molecule has 0 heterocycles. The number of halogens is 2. The number of nitrogens with one attached hydrogen (secondary N) is 1. The zero-order chi connectivity index (χ0) is 13.5. The molecule has 0 radical (unpaired) electrons. The van der Waals surface area contributed by atoms with Crippen LogP contribution in [0.15, 0.2) is 18.2 Å². The highest BCUT2D eigenvalue weighted by Gasteiger charge is 2.19. The first-order valence-corrected chi connectivity index (χ1v) is 7.54. The molecule has 18 heavy (non-hydrogen) atoms. The van der Waals surface area contributed by atoms with Gasteiger partial charge in [0.05, 0.1) is 0 Å². The van der Waals surface area contributed by atoms with Crippen LogP contribution >= 0.6 is 8.73 Å². The van der Waals surface area contributed by atoms with Crippen LogP contribution in [0, 0.1) is 17.0 Å². The van der Waals surface area contributed by atoms with Crippen molar-refractivity contribution in [2.75, 3.05) is 6.66 Å². The van der Waals surface area contributed by atoms with Gasteiger partial charge in [-0.2, -0.15) is 0 Å². The smallest absolute Gasteiger partial charge is 0.159 e. The second-order valence-corrected chi connectivity index (χ2v) is 4.92. The molecule has 1 aromatic carbocycles. The van der Waals surface area contributed by atoms with E-state index in [-0.39, 0.29) is 5.92 Å². The molecule has 2 nitrogen and oxygen atoms in total. The summed E-state index contributed by atoms with van der Waals surface area (Å²) in [6.45, 7) is 1.93. The van der Waals surface area contributed by atoms with Gasteiger partial charge in [0.2, 0.25) is 0 Å². The van der Waals surface area contributed by atoms with Crippen LogP contribution in [0.25, 0.3) is 0 Å². The van der Waals surface area contributed by atoms with Crippen LogP contribution in [-0.4, -0.2) is 12.4 Å². The Bertz CT molecular complexity index is 400. The summed E-state index contributed by atoms with van der Waals surface area (Å²) < 4.78 is 25.7. The second-order valence-electron chi connectivity index (χ2n) is 4.34. The summed E-state index contributed by atoms with van der Waals surface area (Å²) in [7, 11) is 0.583. The molecule has 1 aromatic rings.